The summed E-state index contributed by atoms with van der Waals surface area (Å²) in [6, 6.07) is 0. The smallest absolute Gasteiger partial charge is 0.266 e. The van der Waals surface area contributed by atoms with Gasteiger partial charge in [-0.1, -0.05) is 0 Å². The molecule has 3 heterocycles. The van der Waals surface area contributed by atoms with Gasteiger partial charge in [0.25, 0.3) is 5.92 Å². The van der Waals surface area contributed by atoms with E-state index in [0.29, 0.717) is 39.3 Å². The summed E-state index contributed by atoms with van der Waals surface area (Å²) in [4.78, 5) is 29.4. The number of likely N-dealkylation sites (tertiary alicyclic amines) is 2. The molecule has 0 bridgehead atoms. The van der Waals surface area contributed by atoms with Crippen molar-refractivity contribution in [3.8, 4) is 0 Å². The molecule has 0 saturated carbocycles. The number of alkyl halides is 2. The second-order valence-electron chi connectivity index (χ2n) is 6.93. The number of morpholine rings is 1. The van der Waals surface area contributed by atoms with E-state index < -0.39 is 24.3 Å². The van der Waals surface area contributed by atoms with E-state index in [1.165, 1.54) is 9.80 Å². The lowest BCUT2D eigenvalue weighted by atomic mass is 9.77. The van der Waals surface area contributed by atoms with Gasteiger partial charge in [0.2, 0.25) is 11.8 Å². The van der Waals surface area contributed by atoms with Crippen LogP contribution in [0.2, 0.25) is 0 Å². The number of amides is 2. The summed E-state index contributed by atoms with van der Waals surface area (Å²) in [6.45, 7) is 2.46. The number of hydrogen-bond acceptors (Lipinski definition) is 4. The average Bonchev–Trinajstić information content (AvgIpc) is 2.75. The molecular formula is C15H23F2N3O3. The minimum atomic E-state index is -3.01. The Morgan fingerprint density at radius 3 is 2.52 bits per heavy atom. The molecule has 3 saturated heterocycles. The highest BCUT2D eigenvalue weighted by Crippen LogP contribution is 2.45. The van der Waals surface area contributed by atoms with Crippen molar-refractivity contribution in [3.05, 3.63) is 0 Å². The van der Waals surface area contributed by atoms with Crippen LogP contribution in [0, 0.1) is 5.41 Å². The van der Waals surface area contributed by atoms with Crippen molar-refractivity contribution >= 4 is 11.8 Å². The first-order valence-corrected chi connectivity index (χ1v) is 8.03. The predicted molar refractivity (Wildman–Crippen MR) is 78.1 cm³/mol. The van der Waals surface area contributed by atoms with Gasteiger partial charge in [-0.3, -0.25) is 14.5 Å². The van der Waals surface area contributed by atoms with Gasteiger partial charge in [0.05, 0.1) is 31.7 Å². The maximum absolute atomic E-state index is 14.2. The zero-order valence-electron chi connectivity index (χ0n) is 13.4. The summed E-state index contributed by atoms with van der Waals surface area (Å²) < 4.78 is 33.6. The fraction of sp³-hybridized carbons (Fsp3) is 0.867. The number of piperidine rings is 1. The van der Waals surface area contributed by atoms with Gasteiger partial charge in [0.1, 0.15) is 0 Å². The van der Waals surface area contributed by atoms with Crippen LogP contribution in [-0.4, -0.2) is 92.0 Å². The van der Waals surface area contributed by atoms with E-state index in [0.717, 1.165) is 0 Å². The van der Waals surface area contributed by atoms with Gasteiger partial charge in [0, 0.05) is 39.6 Å². The van der Waals surface area contributed by atoms with Crippen molar-refractivity contribution in [2.75, 3.05) is 59.5 Å². The monoisotopic (exact) mass is 331 g/mol. The van der Waals surface area contributed by atoms with Crippen molar-refractivity contribution in [2.24, 2.45) is 5.41 Å². The summed E-state index contributed by atoms with van der Waals surface area (Å²) in [5.74, 6) is -3.60. The highest BCUT2D eigenvalue weighted by molar-refractivity contribution is 5.86. The summed E-state index contributed by atoms with van der Waals surface area (Å²) in [5.41, 5.74) is -1.11. The normalized spacial score (nSPS) is 31.9. The minimum Gasteiger partial charge on any atom is -0.379 e. The first-order valence-electron chi connectivity index (χ1n) is 8.03. The third-order valence-corrected chi connectivity index (χ3v) is 5.05. The maximum Gasteiger partial charge on any atom is 0.266 e. The Bertz CT molecular complexity index is 496. The molecule has 0 radical (unpaired) electrons. The van der Waals surface area contributed by atoms with Gasteiger partial charge in [-0.05, 0) is 6.42 Å². The van der Waals surface area contributed by atoms with Gasteiger partial charge in [-0.15, -0.1) is 0 Å². The number of halogens is 2. The topological polar surface area (TPSA) is 53.1 Å². The Balaban J connectivity index is 1.71. The van der Waals surface area contributed by atoms with Crippen LogP contribution in [0.5, 0.6) is 0 Å². The molecular weight excluding hydrogens is 308 g/mol. The highest BCUT2D eigenvalue weighted by atomic mass is 19.3. The SMILES string of the molecule is CN1CCC2(CN(C(=O)CN3CCOCC3)CC(F)(F)C2)C1=O. The lowest BCUT2D eigenvalue weighted by Crippen LogP contribution is -2.58. The largest absolute Gasteiger partial charge is 0.379 e. The van der Waals surface area contributed by atoms with Gasteiger partial charge in [-0.2, -0.15) is 0 Å². The van der Waals surface area contributed by atoms with Crippen LogP contribution in [0.15, 0.2) is 0 Å². The highest BCUT2D eigenvalue weighted by Gasteiger charge is 2.57. The molecule has 3 rings (SSSR count). The molecule has 8 heteroatoms. The van der Waals surface area contributed by atoms with Crippen LogP contribution in [0.4, 0.5) is 8.78 Å². The molecule has 3 fully saturated rings. The zero-order chi connectivity index (χ0) is 16.7. The van der Waals surface area contributed by atoms with Crippen LogP contribution in [0.1, 0.15) is 12.8 Å². The quantitative estimate of drug-likeness (QED) is 0.717. The fourth-order valence-corrected chi connectivity index (χ4v) is 3.84. The molecule has 3 aliphatic heterocycles. The van der Waals surface area contributed by atoms with Crippen molar-refractivity contribution in [1.82, 2.24) is 14.7 Å². The van der Waals surface area contributed by atoms with E-state index in [1.807, 2.05) is 4.90 Å². The van der Waals surface area contributed by atoms with E-state index in [4.69, 9.17) is 4.74 Å². The number of nitrogens with zero attached hydrogens (tertiary/aromatic N) is 3. The Hall–Kier alpha value is -1.28. The van der Waals surface area contributed by atoms with Gasteiger partial charge in [-0.25, -0.2) is 8.78 Å². The second-order valence-corrected chi connectivity index (χ2v) is 6.93. The number of carbonyl (C=O) groups is 2. The average molecular weight is 331 g/mol. The van der Waals surface area contributed by atoms with Gasteiger partial charge < -0.3 is 14.5 Å². The van der Waals surface area contributed by atoms with Gasteiger partial charge >= 0.3 is 0 Å². The first kappa shape index (κ1) is 16.6. The summed E-state index contributed by atoms with van der Waals surface area (Å²) in [7, 11) is 1.63. The zero-order valence-corrected chi connectivity index (χ0v) is 13.4. The van der Waals surface area contributed by atoms with Crippen LogP contribution in [0.3, 0.4) is 0 Å². The van der Waals surface area contributed by atoms with E-state index in [1.54, 1.807) is 7.05 Å². The van der Waals surface area contributed by atoms with Crippen LogP contribution in [0.25, 0.3) is 0 Å². The van der Waals surface area contributed by atoms with Crippen LogP contribution < -0.4 is 0 Å². The Labute approximate surface area is 134 Å². The Morgan fingerprint density at radius 1 is 1.22 bits per heavy atom. The third kappa shape index (κ3) is 3.33. The van der Waals surface area contributed by atoms with Crippen molar-refractivity contribution < 1.29 is 23.1 Å². The molecule has 130 valence electrons. The second kappa shape index (κ2) is 5.98. The number of carbonyl (C=O) groups excluding carboxylic acids is 2. The molecule has 3 aliphatic rings. The van der Waals surface area contributed by atoms with E-state index >= 15 is 0 Å². The fourth-order valence-electron chi connectivity index (χ4n) is 3.84. The molecule has 1 unspecified atom stereocenters. The predicted octanol–water partition coefficient (Wildman–Crippen LogP) is 0.0347. The van der Waals surface area contributed by atoms with Crippen molar-refractivity contribution in [3.63, 3.8) is 0 Å². The molecule has 0 aromatic heterocycles. The number of ether oxygens (including phenoxy) is 1. The standard InChI is InChI=1S/C15H23F2N3O3/c1-18-3-2-14(13(18)22)9-15(16,17)11-20(10-14)12(21)8-19-4-6-23-7-5-19/h2-11H2,1H3. The molecule has 0 aromatic rings. The molecule has 1 atom stereocenters. The summed E-state index contributed by atoms with van der Waals surface area (Å²) >= 11 is 0. The lowest BCUT2D eigenvalue weighted by Gasteiger charge is -2.43. The lowest BCUT2D eigenvalue weighted by molar-refractivity contribution is -0.163. The molecule has 23 heavy (non-hydrogen) atoms. The van der Waals surface area contributed by atoms with Gasteiger partial charge in [0.15, 0.2) is 0 Å². The van der Waals surface area contributed by atoms with E-state index in [2.05, 4.69) is 0 Å². The summed E-state index contributed by atoms with van der Waals surface area (Å²) in [6.07, 6.45) is -0.0657. The number of hydrogen-bond donors (Lipinski definition) is 0. The minimum absolute atomic E-state index is 0.106. The molecule has 0 aliphatic carbocycles. The van der Waals surface area contributed by atoms with E-state index in [9.17, 15) is 18.4 Å². The molecule has 2 amide bonds. The number of rotatable bonds is 2. The Morgan fingerprint density at radius 2 is 1.91 bits per heavy atom. The Kier molecular flexibility index (Phi) is 4.31. The van der Waals surface area contributed by atoms with Crippen LogP contribution >= 0.6 is 0 Å². The molecule has 0 aromatic carbocycles. The maximum atomic E-state index is 14.2. The first-order chi connectivity index (χ1) is 10.8. The third-order valence-electron chi connectivity index (χ3n) is 5.05. The van der Waals surface area contributed by atoms with Crippen LogP contribution in [-0.2, 0) is 14.3 Å². The van der Waals surface area contributed by atoms with Crippen molar-refractivity contribution in [1.29, 1.82) is 0 Å². The molecule has 1 spiro atoms. The summed E-state index contributed by atoms with van der Waals surface area (Å²) in [5, 5.41) is 0. The molecule has 6 nitrogen and oxygen atoms in total. The molecule has 0 N–H and O–H groups in total. The van der Waals surface area contributed by atoms with Crippen molar-refractivity contribution in [2.45, 2.75) is 18.8 Å². The van der Waals surface area contributed by atoms with E-state index in [-0.39, 0.29) is 24.9 Å².